The van der Waals surface area contributed by atoms with Crippen molar-refractivity contribution < 1.29 is 4.74 Å². The monoisotopic (exact) mass is 212 g/mol. The molecule has 0 aliphatic rings. The zero-order valence-corrected chi connectivity index (χ0v) is 8.77. The van der Waals surface area contributed by atoms with Crippen molar-refractivity contribution in [2.24, 2.45) is 5.84 Å². The maximum atomic E-state index is 11.4. The Kier molecular flexibility index (Phi) is 4.79. The van der Waals surface area contributed by atoms with Crippen LogP contribution in [0.3, 0.4) is 0 Å². The van der Waals surface area contributed by atoms with E-state index < -0.39 is 0 Å². The minimum absolute atomic E-state index is 0.289. The van der Waals surface area contributed by atoms with Gasteiger partial charge in [0, 0.05) is 26.5 Å². The van der Waals surface area contributed by atoms with Gasteiger partial charge < -0.3 is 10.2 Å². The van der Waals surface area contributed by atoms with Crippen LogP contribution in [0.4, 0.5) is 5.82 Å². The van der Waals surface area contributed by atoms with Crippen LogP contribution in [0.5, 0.6) is 0 Å². The number of methoxy groups -OCH3 is 1. The molecule has 0 bridgehead atoms. The van der Waals surface area contributed by atoms with Crippen LogP contribution in [0.1, 0.15) is 12.8 Å². The Morgan fingerprint density at radius 2 is 2.40 bits per heavy atom. The van der Waals surface area contributed by atoms with Crippen molar-refractivity contribution in [3.63, 3.8) is 0 Å². The number of aryl methyl sites for hydroxylation is 1. The Balaban J connectivity index is 2.51. The summed E-state index contributed by atoms with van der Waals surface area (Å²) in [5, 5.41) is 0. The molecule has 0 radical (unpaired) electrons. The van der Waals surface area contributed by atoms with Crippen LogP contribution in [0, 0.1) is 0 Å². The van der Waals surface area contributed by atoms with E-state index in [0.29, 0.717) is 19.0 Å². The largest absolute Gasteiger partial charge is 0.385 e. The normalized spacial score (nSPS) is 10.3. The summed E-state index contributed by atoms with van der Waals surface area (Å²) >= 11 is 0. The summed E-state index contributed by atoms with van der Waals surface area (Å²) < 4.78 is 6.47. The van der Waals surface area contributed by atoms with Crippen molar-refractivity contribution in [2.75, 3.05) is 19.1 Å². The van der Waals surface area contributed by atoms with Gasteiger partial charge in [-0.3, -0.25) is 4.57 Å². The lowest BCUT2D eigenvalue weighted by Gasteiger charge is -2.05. The van der Waals surface area contributed by atoms with E-state index >= 15 is 0 Å². The van der Waals surface area contributed by atoms with Gasteiger partial charge in [0.15, 0.2) is 0 Å². The molecule has 0 aliphatic carbocycles. The molecule has 0 fully saturated rings. The van der Waals surface area contributed by atoms with Gasteiger partial charge in [-0.15, -0.1) is 0 Å². The number of nitrogens with two attached hydrogens (primary N) is 1. The summed E-state index contributed by atoms with van der Waals surface area (Å²) in [6, 6.07) is 1.66. The minimum Gasteiger partial charge on any atom is -0.385 e. The van der Waals surface area contributed by atoms with Crippen LogP contribution in [0.25, 0.3) is 0 Å². The molecule has 84 valence electrons. The van der Waals surface area contributed by atoms with Crippen LogP contribution in [-0.4, -0.2) is 23.3 Å². The molecule has 1 aromatic heterocycles. The topological polar surface area (TPSA) is 82.2 Å². The van der Waals surface area contributed by atoms with E-state index in [4.69, 9.17) is 10.6 Å². The highest BCUT2D eigenvalue weighted by molar-refractivity contribution is 5.29. The molecule has 6 heteroatoms. The van der Waals surface area contributed by atoms with Crippen molar-refractivity contribution in [3.05, 3.63) is 22.7 Å². The zero-order chi connectivity index (χ0) is 11.1. The number of rotatable bonds is 6. The predicted octanol–water partition coefficient (Wildman–Crippen LogP) is -0.0445. The number of nitrogen functional groups attached to an aromatic ring is 1. The second-order valence-electron chi connectivity index (χ2n) is 3.13. The highest BCUT2D eigenvalue weighted by Gasteiger charge is 1.98. The van der Waals surface area contributed by atoms with Gasteiger partial charge in [0.25, 0.3) is 0 Å². The van der Waals surface area contributed by atoms with Gasteiger partial charge in [0.05, 0.1) is 0 Å². The van der Waals surface area contributed by atoms with E-state index in [9.17, 15) is 4.79 Å². The number of anilines is 1. The van der Waals surface area contributed by atoms with Gasteiger partial charge >= 0.3 is 5.69 Å². The Labute approximate surface area is 88.0 Å². The number of nitrogens with zero attached hydrogens (tertiary/aromatic N) is 2. The second-order valence-corrected chi connectivity index (χ2v) is 3.13. The first-order valence-electron chi connectivity index (χ1n) is 4.81. The lowest BCUT2D eigenvalue weighted by atomic mass is 10.3. The van der Waals surface area contributed by atoms with E-state index in [2.05, 4.69) is 10.4 Å². The Bertz CT molecular complexity index is 350. The number of hydrogen-bond donors (Lipinski definition) is 2. The van der Waals surface area contributed by atoms with Crippen LogP contribution in [0.15, 0.2) is 17.1 Å². The van der Waals surface area contributed by atoms with Crippen LogP contribution in [-0.2, 0) is 11.3 Å². The Hall–Kier alpha value is -1.40. The molecule has 0 aliphatic heterocycles. The quantitative estimate of drug-likeness (QED) is 0.392. The molecule has 1 aromatic rings. The summed E-state index contributed by atoms with van der Waals surface area (Å²) in [6.45, 7) is 1.37. The maximum Gasteiger partial charge on any atom is 0.349 e. The maximum absolute atomic E-state index is 11.4. The fourth-order valence-electron chi connectivity index (χ4n) is 1.21. The van der Waals surface area contributed by atoms with E-state index in [1.807, 2.05) is 0 Å². The van der Waals surface area contributed by atoms with E-state index in [1.54, 1.807) is 23.9 Å². The summed E-state index contributed by atoms with van der Waals surface area (Å²) in [6.07, 6.45) is 3.50. The van der Waals surface area contributed by atoms with Crippen LogP contribution in [0.2, 0.25) is 0 Å². The van der Waals surface area contributed by atoms with Crippen molar-refractivity contribution in [1.82, 2.24) is 9.55 Å². The van der Waals surface area contributed by atoms with E-state index in [1.165, 1.54) is 0 Å². The number of hydrogen-bond acceptors (Lipinski definition) is 5. The fourth-order valence-corrected chi connectivity index (χ4v) is 1.21. The van der Waals surface area contributed by atoms with Gasteiger partial charge in [-0.2, -0.15) is 4.98 Å². The summed E-state index contributed by atoms with van der Waals surface area (Å²) in [4.78, 5) is 15.1. The average Bonchev–Trinajstić information content (AvgIpc) is 2.26. The molecule has 0 saturated heterocycles. The molecule has 6 nitrogen and oxygen atoms in total. The molecule has 1 rings (SSSR count). The zero-order valence-electron chi connectivity index (χ0n) is 8.77. The smallest absolute Gasteiger partial charge is 0.349 e. The van der Waals surface area contributed by atoms with Crippen LogP contribution < -0.4 is 17.0 Å². The average molecular weight is 212 g/mol. The highest BCUT2D eigenvalue weighted by atomic mass is 16.5. The molecule has 1 heterocycles. The first kappa shape index (κ1) is 11.7. The Morgan fingerprint density at radius 3 is 3.00 bits per heavy atom. The molecule has 0 spiro atoms. The molecule has 0 aromatic carbocycles. The van der Waals surface area contributed by atoms with Crippen molar-refractivity contribution >= 4 is 5.82 Å². The molecule has 0 atom stereocenters. The molecule has 15 heavy (non-hydrogen) atoms. The van der Waals surface area contributed by atoms with E-state index in [0.717, 1.165) is 12.8 Å². The summed E-state index contributed by atoms with van der Waals surface area (Å²) in [5.74, 6) is 5.51. The number of unbranched alkanes of at least 4 members (excludes halogenated alkanes) is 1. The first-order chi connectivity index (χ1) is 7.27. The molecule has 0 saturated carbocycles. The number of aromatic nitrogens is 2. The van der Waals surface area contributed by atoms with Gasteiger partial charge in [-0.1, -0.05) is 0 Å². The first-order valence-corrected chi connectivity index (χ1v) is 4.81. The second kappa shape index (κ2) is 6.15. The van der Waals surface area contributed by atoms with Gasteiger partial charge in [0.1, 0.15) is 5.82 Å². The standard InChI is InChI=1S/C9H16N4O2/c1-15-7-3-2-5-13-6-4-8(12-10)11-9(13)14/h4,6H,2-3,5,7,10H2,1H3,(H,11,12,14). The lowest BCUT2D eigenvalue weighted by Crippen LogP contribution is -2.24. The SMILES string of the molecule is COCCCCn1ccc(NN)nc1=O. The molecular weight excluding hydrogens is 196 g/mol. The number of hydrazine groups is 1. The van der Waals surface area contributed by atoms with Crippen molar-refractivity contribution in [3.8, 4) is 0 Å². The molecule has 3 N–H and O–H groups in total. The Morgan fingerprint density at radius 1 is 1.60 bits per heavy atom. The van der Waals surface area contributed by atoms with Gasteiger partial charge in [-0.25, -0.2) is 10.6 Å². The highest BCUT2D eigenvalue weighted by Crippen LogP contribution is 1.96. The number of nitrogens with one attached hydrogen (secondary N) is 1. The van der Waals surface area contributed by atoms with Gasteiger partial charge in [-0.05, 0) is 18.9 Å². The molecule has 0 unspecified atom stereocenters. The van der Waals surface area contributed by atoms with Gasteiger partial charge in [0.2, 0.25) is 0 Å². The lowest BCUT2D eigenvalue weighted by molar-refractivity contribution is 0.191. The minimum atomic E-state index is -0.289. The fraction of sp³-hybridized carbons (Fsp3) is 0.556. The summed E-state index contributed by atoms with van der Waals surface area (Å²) in [5.41, 5.74) is 2.04. The summed E-state index contributed by atoms with van der Waals surface area (Å²) in [7, 11) is 1.66. The predicted molar refractivity (Wildman–Crippen MR) is 57.4 cm³/mol. The van der Waals surface area contributed by atoms with Crippen molar-refractivity contribution in [2.45, 2.75) is 19.4 Å². The third-order valence-corrected chi connectivity index (χ3v) is 2.02. The third kappa shape index (κ3) is 3.69. The molecular formula is C9H16N4O2. The molecule has 0 amide bonds. The van der Waals surface area contributed by atoms with E-state index in [-0.39, 0.29) is 5.69 Å². The third-order valence-electron chi connectivity index (χ3n) is 2.02. The van der Waals surface area contributed by atoms with Crippen molar-refractivity contribution in [1.29, 1.82) is 0 Å². The van der Waals surface area contributed by atoms with Crippen LogP contribution >= 0.6 is 0 Å². The number of ether oxygens (including phenoxy) is 1.